The second-order valence-electron chi connectivity index (χ2n) is 8.04. The van der Waals surface area contributed by atoms with Crippen LogP contribution in [-0.4, -0.2) is 78.0 Å². The number of phosphoric ester groups is 1. The number of carbonyl (C=O) groups is 2. The van der Waals surface area contributed by atoms with Gasteiger partial charge in [-0.1, -0.05) is 0 Å². The van der Waals surface area contributed by atoms with Crippen LogP contribution in [0, 0.1) is 0 Å². The molecule has 3 atom stereocenters. The number of rotatable bonds is 16. The van der Waals surface area contributed by atoms with Crippen molar-refractivity contribution in [2.45, 2.75) is 65.0 Å². The van der Waals surface area contributed by atoms with E-state index in [4.69, 9.17) is 18.3 Å². The van der Waals surface area contributed by atoms with Crippen molar-refractivity contribution in [3.05, 3.63) is 33.1 Å². The van der Waals surface area contributed by atoms with Crippen molar-refractivity contribution in [3.63, 3.8) is 0 Å². The number of ether oxygens (including phenoxy) is 5. The lowest BCUT2D eigenvalue weighted by molar-refractivity contribution is -0.262. The number of carbonyl (C=O) groups excluding carboxylic acids is 2. The van der Waals surface area contributed by atoms with Gasteiger partial charge >= 0.3 is 25.8 Å². The van der Waals surface area contributed by atoms with Crippen molar-refractivity contribution in [1.29, 1.82) is 0 Å². The van der Waals surface area contributed by atoms with Gasteiger partial charge in [-0.3, -0.25) is 18.9 Å². The van der Waals surface area contributed by atoms with Gasteiger partial charge in [-0.2, -0.15) is 0 Å². The average molecular weight is 592 g/mol. The van der Waals surface area contributed by atoms with Gasteiger partial charge in [-0.05, 0) is 34.6 Å². The van der Waals surface area contributed by atoms with Crippen molar-refractivity contribution in [1.82, 2.24) is 9.55 Å². The fourth-order valence-corrected chi connectivity index (χ4v) is 3.23. The van der Waals surface area contributed by atoms with Gasteiger partial charge in [-0.15, -0.1) is 0 Å². The second kappa shape index (κ2) is 15.6. The van der Waals surface area contributed by atoms with Gasteiger partial charge in [0.15, 0.2) is 6.23 Å². The Morgan fingerprint density at radius 3 is 1.95 bits per heavy atom. The molecule has 2 N–H and O–H groups in total. The van der Waals surface area contributed by atoms with Crippen molar-refractivity contribution in [3.8, 4) is 0 Å². The van der Waals surface area contributed by atoms with Gasteiger partial charge in [0.1, 0.15) is 19.4 Å². The Bertz CT molecular complexity index is 1060. The molecule has 0 saturated carbocycles. The molecule has 0 amide bonds. The summed E-state index contributed by atoms with van der Waals surface area (Å²) in [6.07, 6.45) is -6.95. The number of aromatic nitrogens is 2. The summed E-state index contributed by atoms with van der Waals surface area (Å²) < 4.78 is 80.4. The molecule has 1 aromatic heterocycles. The number of aliphatic hydroxyl groups is 1. The maximum atomic E-state index is 15.6. The molecular weight excluding hydrogens is 561 g/mol. The highest BCUT2D eigenvalue weighted by Crippen LogP contribution is 2.50. The standard InChI is InChI=1S/C20H31F2N2O14P/c1-12(2)36-18(28)31-10-34-39(30,35-11-32-19(29)37-13(3)4)33-9-20(22,14(5)25)38-16(8-21)24-7-6-15(26)23-17(24)27/h6-7,12-14,16,25H,8-11H2,1-5H3,(H,23,26,27)/t14-,16+,20+/m0/s1. The predicted molar refractivity (Wildman–Crippen MR) is 124 cm³/mol. The number of halogens is 2. The molecule has 16 nitrogen and oxygen atoms in total. The van der Waals surface area contributed by atoms with Crippen LogP contribution in [0.2, 0.25) is 0 Å². The molecule has 0 spiro atoms. The number of nitrogens with zero attached hydrogens (tertiary/aromatic N) is 1. The fourth-order valence-electron chi connectivity index (χ4n) is 2.31. The molecule has 1 rings (SSSR count). The number of hydrogen-bond donors (Lipinski definition) is 2. The Morgan fingerprint density at radius 2 is 1.54 bits per heavy atom. The third-order valence-electron chi connectivity index (χ3n) is 4.11. The highest BCUT2D eigenvalue weighted by molar-refractivity contribution is 7.48. The molecule has 1 heterocycles. The van der Waals surface area contributed by atoms with Gasteiger partial charge in [0.25, 0.3) is 11.4 Å². The molecule has 0 unspecified atom stereocenters. The first-order valence-corrected chi connectivity index (χ1v) is 12.7. The summed E-state index contributed by atoms with van der Waals surface area (Å²) in [6, 6.07) is 0.830. The van der Waals surface area contributed by atoms with E-state index in [-0.39, 0.29) is 0 Å². The minimum absolute atomic E-state index is 0.479. The molecule has 224 valence electrons. The van der Waals surface area contributed by atoms with E-state index in [1.165, 1.54) is 27.7 Å². The van der Waals surface area contributed by atoms with Crippen LogP contribution < -0.4 is 11.2 Å². The van der Waals surface area contributed by atoms with E-state index in [1.807, 2.05) is 4.98 Å². The first-order chi connectivity index (χ1) is 18.1. The van der Waals surface area contributed by atoms with E-state index in [0.29, 0.717) is 4.57 Å². The molecule has 0 radical (unpaired) electrons. The lowest BCUT2D eigenvalue weighted by atomic mass is 10.2. The molecule has 1 aromatic rings. The molecule has 39 heavy (non-hydrogen) atoms. The van der Waals surface area contributed by atoms with Gasteiger partial charge < -0.3 is 28.8 Å². The van der Waals surface area contributed by atoms with Crippen LogP contribution >= 0.6 is 7.82 Å². The number of hydrogen-bond acceptors (Lipinski definition) is 14. The normalized spacial score (nSPS) is 14.9. The number of aromatic amines is 1. The quantitative estimate of drug-likeness (QED) is 0.161. The van der Waals surface area contributed by atoms with Crippen molar-refractivity contribution in [2.75, 3.05) is 26.9 Å². The molecule has 0 fully saturated rings. The number of H-pyrrole nitrogens is 1. The van der Waals surface area contributed by atoms with E-state index in [0.717, 1.165) is 19.2 Å². The third-order valence-corrected chi connectivity index (χ3v) is 5.40. The molecule has 0 aliphatic rings. The van der Waals surface area contributed by atoms with Gasteiger partial charge in [0, 0.05) is 12.3 Å². The molecular formula is C20H31F2N2O14P. The summed E-state index contributed by atoms with van der Waals surface area (Å²) in [6.45, 7) is 1.66. The Kier molecular flexibility index (Phi) is 13.7. The van der Waals surface area contributed by atoms with Crippen LogP contribution in [0.5, 0.6) is 0 Å². The van der Waals surface area contributed by atoms with Crippen molar-refractivity contribution < 1.29 is 65.3 Å². The van der Waals surface area contributed by atoms with Crippen LogP contribution in [-0.2, 0) is 41.8 Å². The predicted octanol–water partition coefficient (Wildman–Crippen LogP) is 2.26. The minimum atomic E-state index is -4.98. The molecule has 0 saturated heterocycles. The van der Waals surface area contributed by atoms with Crippen molar-refractivity contribution >= 4 is 20.1 Å². The van der Waals surface area contributed by atoms with E-state index in [2.05, 4.69) is 18.9 Å². The Labute approximate surface area is 220 Å². The smallest absolute Gasteiger partial charge is 0.432 e. The summed E-state index contributed by atoms with van der Waals surface area (Å²) >= 11 is 0. The van der Waals surface area contributed by atoms with Crippen LogP contribution in [0.4, 0.5) is 18.4 Å². The number of nitrogens with one attached hydrogen (secondary N) is 1. The third kappa shape index (κ3) is 12.2. The monoisotopic (exact) mass is 592 g/mol. The van der Waals surface area contributed by atoms with Gasteiger partial charge in [-0.25, -0.2) is 36.8 Å². The zero-order valence-electron chi connectivity index (χ0n) is 21.7. The summed E-state index contributed by atoms with van der Waals surface area (Å²) in [5, 5.41) is 9.95. The van der Waals surface area contributed by atoms with Gasteiger partial charge in [0.05, 0.1) is 12.2 Å². The fraction of sp³-hybridized carbons (Fsp3) is 0.700. The Hall–Kier alpha value is -2.89. The largest absolute Gasteiger partial charge is 0.510 e. The van der Waals surface area contributed by atoms with Crippen LogP contribution in [0.25, 0.3) is 0 Å². The Balaban J connectivity index is 3.04. The average Bonchev–Trinajstić information content (AvgIpc) is 2.80. The molecule has 0 aliphatic heterocycles. The molecule has 0 aliphatic carbocycles. The molecule has 19 heteroatoms. The lowest BCUT2D eigenvalue weighted by Crippen LogP contribution is -2.47. The van der Waals surface area contributed by atoms with E-state index in [1.54, 1.807) is 0 Å². The zero-order valence-corrected chi connectivity index (χ0v) is 22.6. The van der Waals surface area contributed by atoms with Gasteiger partial charge in [0.2, 0.25) is 13.6 Å². The first-order valence-electron chi connectivity index (χ1n) is 11.2. The summed E-state index contributed by atoms with van der Waals surface area (Å²) in [5.74, 6) is -3.37. The summed E-state index contributed by atoms with van der Waals surface area (Å²) in [4.78, 5) is 48.0. The number of phosphoric acid groups is 1. The van der Waals surface area contributed by atoms with E-state index >= 15 is 4.39 Å². The topological polar surface area (TPSA) is 200 Å². The van der Waals surface area contributed by atoms with Crippen LogP contribution in [0.15, 0.2) is 21.9 Å². The maximum absolute atomic E-state index is 15.6. The number of aliphatic hydroxyl groups excluding tert-OH is 1. The highest BCUT2D eigenvalue weighted by atomic mass is 31.2. The second-order valence-corrected chi connectivity index (χ2v) is 9.71. The zero-order chi connectivity index (χ0) is 29.8. The van der Waals surface area contributed by atoms with Crippen LogP contribution in [0.3, 0.4) is 0 Å². The van der Waals surface area contributed by atoms with E-state index < -0.39 is 88.6 Å². The molecule has 0 aromatic carbocycles. The SMILES string of the molecule is CC(C)OC(=O)OCOP(=O)(OCOC(=O)OC(C)C)OC[C@@](F)(O[C@H](CF)n1ccc(=O)[nH]c1=O)[C@H](C)O. The van der Waals surface area contributed by atoms with E-state index in [9.17, 15) is 33.2 Å². The Morgan fingerprint density at radius 1 is 1.03 bits per heavy atom. The summed E-state index contributed by atoms with van der Waals surface area (Å²) in [7, 11) is -4.98. The van der Waals surface area contributed by atoms with Crippen LogP contribution in [0.1, 0.15) is 40.8 Å². The summed E-state index contributed by atoms with van der Waals surface area (Å²) in [5.41, 5.74) is -1.99. The first kappa shape index (κ1) is 34.1. The minimum Gasteiger partial charge on any atom is -0.432 e. The van der Waals surface area contributed by atoms with Crippen molar-refractivity contribution in [2.24, 2.45) is 0 Å². The number of alkyl halides is 2. The molecule has 0 bridgehead atoms. The maximum Gasteiger partial charge on any atom is 0.510 e. The lowest BCUT2D eigenvalue weighted by Gasteiger charge is -2.32. The highest BCUT2D eigenvalue weighted by Gasteiger charge is 2.44.